The maximum Gasteiger partial charge on any atom is 0.375 e. The van der Waals surface area contributed by atoms with Gasteiger partial charge in [0.05, 0.1) is 17.7 Å². The smallest absolute Gasteiger partial charge is 0.375 e. The summed E-state index contributed by atoms with van der Waals surface area (Å²) < 4.78 is 39.3. The third kappa shape index (κ3) is 4.40. The SMILES string of the molecule is COc1ccc2oc(C(=O)OCC(=O)Nc3ccccc3S(C)(=O)=O)c(C)c2c1. The minimum Gasteiger partial charge on any atom is -0.497 e. The number of sulfone groups is 1. The number of hydrogen-bond donors (Lipinski definition) is 1. The van der Waals surface area contributed by atoms with Gasteiger partial charge >= 0.3 is 5.97 Å². The summed E-state index contributed by atoms with van der Waals surface area (Å²) in [5.74, 6) is -0.878. The van der Waals surface area contributed by atoms with E-state index in [1.165, 1.54) is 19.2 Å². The molecule has 0 atom stereocenters. The summed E-state index contributed by atoms with van der Waals surface area (Å²) in [4.78, 5) is 24.5. The maximum atomic E-state index is 12.3. The number of carbonyl (C=O) groups excluding carboxylic acids is 2. The maximum absolute atomic E-state index is 12.3. The standard InChI is InChI=1S/C20H19NO7S/c1-12-14-10-13(26-2)8-9-16(14)28-19(12)20(23)27-11-18(22)21-15-6-4-5-7-17(15)29(3,24)25/h4-10H,11H2,1-3H3,(H,21,22). The normalized spacial score (nSPS) is 11.3. The molecule has 2 aromatic carbocycles. The molecule has 0 spiro atoms. The van der Waals surface area contributed by atoms with Crippen molar-refractivity contribution in [2.75, 3.05) is 25.3 Å². The summed E-state index contributed by atoms with van der Waals surface area (Å²) in [6, 6.07) is 11.1. The molecule has 0 aliphatic heterocycles. The molecule has 152 valence electrons. The lowest BCUT2D eigenvalue weighted by atomic mass is 10.1. The summed E-state index contributed by atoms with van der Waals surface area (Å²) in [6.07, 6.45) is 1.04. The number of aryl methyl sites for hydroxylation is 1. The molecule has 1 N–H and O–H groups in total. The molecule has 1 aromatic heterocycles. The highest BCUT2D eigenvalue weighted by Gasteiger charge is 2.21. The lowest BCUT2D eigenvalue weighted by molar-refractivity contribution is -0.119. The molecule has 0 saturated heterocycles. The van der Waals surface area contributed by atoms with Crippen molar-refractivity contribution >= 4 is 38.4 Å². The van der Waals surface area contributed by atoms with Crippen molar-refractivity contribution in [3.05, 3.63) is 53.8 Å². The Kier molecular flexibility index (Phi) is 5.60. The van der Waals surface area contributed by atoms with Gasteiger partial charge in [0.25, 0.3) is 5.91 Å². The van der Waals surface area contributed by atoms with E-state index in [1.54, 1.807) is 37.3 Å². The molecule has 0 aliphatic rings. The van der Waals surface area contributed by atoms with Crippen LogP contribution in [0.4, 0.5) is 5.69 Å². The van der Waals surface area contributed by atoms with Crippen LogP contribution in [0, 0.1) is 6.92 Å². The molecular weight excluding hydrogens is 398 g/mol. The average molecular weight is 417 g/mol. The summed E-state index contributed by atoms with van der Waals surface area (Å²) in [6.45, 7) is 1.10. The van der Waals surface area contributed by atoms with Crippen molar-refractivity contribution in [1.29, 1.82) is 0 Å². The van der Waals surface area contributed by atoms with Crippen LogP contribution in [0.1, 0.15) is 16.1 Å². The van der Waals surface area contributed by atoms with Gasteiger partial charge in [-0.3, -0.25) is 4.79 Å². The largest absolute Gasteiger partial charge is 0.497 e. The molecule has 29 heavy (non-hydrogen) atoms. The van der Waals surface area contributed by atoms with Crippen molar-refractivity contribution in [1.82, 2.24) is 0 Å². The fourth-order valence-electron chi connectivity index (χ4n) is 2.80. The first-order chi connectivity index (χ1) is 13.7. The number of rotatable bonds is 6. The minimum atomic E-state index is -3.53. The summed E-state index contributed by atoms with van der Waals surface area (Å²) in [5.41, 5.74) is 1.16. The van der Waals surface area contributed by atoms with Crippen LogP contribution in [0.15, 0.2) is 51.8 Å². The first-order valence-corrected chi connectivity index (χ1v) is 10.4. The number of para-hydroxylation sites is 1. The second-order valence-corrected chi connectivity index (χ2v) is 8.30. The van der Waals surface area contributed by atoms with E-state index in [9.17, 15) is 18.0 Å². The number of ether oxygens (including phenoxy) is 2. The van der Waals surface area contributed by atoms with E-state index in [2.05, 4.69) is 5.32 Å². The molecule has 9 heteroatoms. The Morgan fingerprint density at radius 1 is 1.14 bits per heavy atom. The van der Waals surface area contributed by atoms with Gasteiger partial charge in [-0.2, -0.15) is 0 Å². The second-order valence-electron chi connectivity index (χ2n) is 6.31. The number of amides is 1. The van der Waals surface area contributed by atoms with Crippen LogP contribution in [0.5, 0.6) is 5.75 Å². The van der Waals surface area contributed by atoms with Crippen LogP contribution in [-0.4, -0.2) is 40.3 Å². The van der Waals surface area contributed by atoms with Crippen molar-refractivity contribution in [2.24, 2.45) is 0 Å². The zero-order chi connectivity index (χ0) is 21.2. The molecule has 8 nitrogen and oxygen atoms in total. The number of esters is 1. The molecule has 3 rings (SSSR count). The summed E-state index contributed by atoms with van der Waals surface area (Å²) in [7, 11) is -1.99. The lowest BCUT2D eigenvalue weighted by Crippen LogP contribution is -2.22. The number of hydrogen-bond acceptors (Lipinski definition) is 7. The average Bonchev–Trinajstić information content (AvgIpc) is 3.01. The Morgan fingerprint density at radius 3 is 2.55 bits per heavy atom. The van der Waals surface area contributed by atoms with Gasteiger partial charge < -0.3 is 19.2 Å². The van der Waals surface area contributed by atoms with Crippen molar-refractivity contribution < 1.29 is 31.9 Å². The van der Waals surface area contributed by atoms with Crippen LogP contribution in [-0.2, 0) is 19.4 Å². The fourth-order valence-corrected chi connectivity index (χ4v) is 3.64. The number of furan rings is 1. The molecule has 0 bridgehead atoms. The molecule has 0 radical (unpaired) electrons. The van der Waals surface area contributed by atoms with Gasteiger partial charge in [0.15, 0.2) is 16.4 Å². The molecule has 0 aliphatic carbocycles. The van der Waals surface area contributed by atoms with Gasteiger partial charge in [-0.1, -0.05) is 12.1 Å². The predicted octanol–water partition coefficient (Wildman–Crippen LogP) is 2.95. The second kappa shape index (κ2) is 7.96. The quantitative estimate of drug-likeness (QED) is 0.614. The summed E-state index contributed by atoms with van der Waals surface area (Å²) >= 11 is 0. The van der Waals surface area contributed by atoms with Crippen LogP contribution >= 0.6 is 0 Å². The highest BCUT2D eigenvalue weighted by atomic mass is 32.2. The Morgan fingerprint density at radius 2 is 1.86 bits per heavy atom. The van der Waals surface area contributed by atoms with Gasteiger partial charge in [-0.05, 0) is 37.3 Å². The van der Waals surface area contributed by atoms with Crippen molar-refractivity contribution in [3.8, 4) is 5.75 Å². The monoisotopic (exact) mass is 417 g/mol. The number of carbonyl (C=O) groups is 2. The zero-order valence-electron chi connectivity index (χ0n) is 16.0. The highest BCUT2D eigenvalue weighted by molar-refractivity contribution is 7.90. The first-order valence-electron chi connectivity index (χ1n) is 8.54. The molecule has 1 amide bonds. The molecule has 0 saturated carbocycles. The number of methoxy groups -OCH3 is 1. The Balaban J connectivity index is 1.71. The van der Waals surface area contributed by atoms with Crippen molar-refractivity contribution in [3.63, 3.8) is 0 Å². The number of fused-ring (bicyclic) bond motifs is 1. The van der Waals surface area contributed by atoms with Crippen LogP contribution in [0.2, 0.25) is 0 Å². The molecule has 3 aromatic rings. The topological polar surface area (TPSA) is 112 Å². The third-order valence-electron chi connectivity index (χ3n) is 4.22. The van der Waals surface area contributed by atoms with Crippen molar-refractivity contribution in [2.45, 2.75) is 11.8 Å². The summed E-state index contributed by atoms with van der Waals surface area (Å²) in [5, 5.41) is 3.13. The van der Waals surface area contributed by atoms with E-state index in [4.69, 9.17) is 13.9 Å². The number of benzene rings is 2. The minimum absolute atomic E-state index is 0.0161. The van der Waals surface area contributed by atoms with E-state index in [1.807, 2.05) is 0 Å². The fraction of sp³-hybridized carbons (Fsp3) is 0.200. The third-order valence-corrected chi connectivity index (χ3v) is 5.38. The molecule has 1 heterocycles. The molecule has 0 fully saturated rings. The van der Waals surface area contributed by atoms with Gasteiger partial charge in [-0.25, -0.2) is 13.2 Å². The zero-order valence-corrected chi connectivity index (χ0v) is 16.8. The van der Waals surface area contributed by atoms with Gasteiger partial charge in [0.1, 0.15) is 11.3 Å². The Labute approximate surface area is 167 Å². The predicted molar refractivity (Wildman–Crippen MR) is 106 cm³/mol. The van der Waals surface area contributed by atoms with Gasteiger partial charge in [-0.15, -0.1) is 0 Å². The van der Waals surface area contributed by atoms with Crippen LogP contribution < -0.4 is 10.1 Å². The van der Waals surface area contributed by atoms with Gasteiger partial charge in [0, 0.05) is 17.2 Å². The lowest BCUT2D eigenvalue weighted by Gasteiger charge is -2.09. The van der Waals surface area contributed by atoms with E-state index < -0.39 is 28.3 Å². The van der Waals surface area contributed by atoms with Crippen LogP contribution in [0.3, 0.4) is 0 Å². The number of anilines is 1. The molecule has 0 unspecified atom stereocenters. The van der Waals surface area contributed by atoms with E-state index in [0.717, 1.165) is 6.26 Å². The number of nitrogens with one attached hydrogen (secondary N) is 1. The highest BCUT2D eigenvalue weighted by Crippen LogP contribution is 2.29. The van der Waals surface area contributed by atoms with Gasteiger partial charge in [0.2, 0.25) is 5.76 Å². The first kappa shape index (κ1) is 20.4. The van der Waals surface area contributed by atoms with E-state index in [0.29, 0.717) is 22.3 Å². The van der Waals surface area contributed by atoms with E-state index >= 15 is 0 Å². The molecular formula is C20H19NO7S. The Bertz CT molecular complexity index is 1190. The van der Waals surface area contributed by atoms with Crippen LogP contribution in [0.25, 0.3) is 11.0 Å². The Hall–Kier alpha value is -3.33. The van der Waals surface area contributed by atoms with E-state index in [-0.39, 0.29) is 16.3 Å².